The molecular formula is C37H38N4O5. The minimum Gasteiger partial charge on any atom is -0.493 e. The lowest BCUT2D eigenvalue weighted by atomic mass is 10.0. The number of methoxy groups -OCH3 is 1. The van der Waals surface area contributed by atoms with Crippen molar-refractivity contribution < 1.29 is 23.9 Å². The van der Waals surface area contributed by atoms with E-state index in [9.17, 15) is 14.4 Å². The number of nitrogens with zero attached hydrogens (tertiary/aromatic N) is 2. The second kappa shape index (κ2) is 13.0. The van der Waals surface area contributed by atoms with Crippen LogP contribution in [-0.2, 0) is 24.3 Å². The zero-order valence-electron chi connectivity index (χ0n) is 26.3. The monoisotopic (exact) mass is 618 g/mol. The number of nitrogens with one attached hydrogen (secondary N) is 1. The van der Waals surface area contributed by atoms with Gasteiger partial charge in [0.2, 0.25) is 5.91 Å². The van der Waals surface area contributed by atoms with Gasteiger partial charge in [-0.3, -0.25) is 14.4 Å². The topological polar surface area (TPSA) is 114 Å². The van der Waals surface area contributed by atoms with Gasteiger partial charge in [0.1, 0.15) is 0 Å². The summed E-state index contributed by atoms with van der Waals surface area (Å²) in [6, 6.07) is 27.1. The molecule has 0 bridgehead atoms. The molecule has 2 aliphatic rings. The Morgan fingerprint density at radius 3 is 2.50 bits per heavy atom. The van der Waals surface area contributed by atoms with Crippen LogP contribution in [0.5, 0.6) is 11.5 Å². The van der Waals surface area contributed by atoms with E-state index in [4.69, 9.17) is 15.2 Å². The van der Waals surface area contributed by atoms with Gasteiger partial charge in [-0.15, -0.1) is 0 Å². The summed E-state index contributed by atoms with van der Waals surface area (Å²) in [6.45, 7) is 4.89. The number of rotatable bonds is 12. The van der Waals surface area contributed by atoms with E-state index >= 15 is 0 Å². The molecule has 0 aliphatic carbocycles. The van der Waals surface area contributed by atoms with Crippen molar-refractivity contribution in [2.75, 3.05) is 23.9 Å². The van der Waals surface area contributed by atoms with Crippen molar-refractivity contribution in [2.45, 2.75) is 51.9 Å². The first-order chi connectivity index (χ1) is 22.2. The van der Waals surface area contributed by atoms with Crippen LogP contribution in [-0.4, -0.2) is 42.4 Å². The van der Waals surface area contributed by atoms with Crippen LogP contribution in [0.4, 0.5) is 11.4 Å². The van der Waals surface area contributed by atoms with Crippen LogP contribution >= 0.6 is 0 Å². The van der Waals surface area contributed by atoms with Crippen LogP contribution in [0.15, 0.2) is 84.9 Å². The summed E-state index contributed by atoms with van der Waals surface area (Å²) in [7, 11) is 1.61. The van der Waals surface area contributed by atoms with Crippen molar-refractivity contribution in [3.63, 3.8) is 0 Å². The number of hydrogen-bond donors (Lipinski definition) is 2. The number of hydrogen-bond acceptors (Lipinski definition) is 6. The molecule has 46 heavy (non-hydrogen) atoms. The van der Waals surface area contributed by atoms with Gasteiger partial charge in [-0.2, -0.15) is 0 Å². The third-order valence-electron chi connectivity index (χ3n) is 8.67. The van der Waals surface area contributed by atoms with Crippen LogP contribution in [0.25, 0.3) is 0 Å². The van der Waals surface area contributed by atoms with E-state index in [0.29, 0.717) is 41.4 Å². The predicted molar refractivity (Wildman–Crippen MR) is 177 cm³/mol. The Morgan fingerprint density at radius 2 is 1.74 bits per heavy atom. The molecule has 2 heterocycles. The van der Waals surface area contributed by atoms with E-state index in [1.165, 1.54) is 5.56 Å². The fourth-order valence-electron chi connectivity index (χ4n) is 6.24. The first kappa shape index (κ1) is 30.7. The standard InChI is InChI=1S/C37H38N4O5/c1-23(9-10-25-7-5-4-6-8-25)46-34-19-29(14-16-33(34)45-3)41-24(2)30-15-11-26(17-32(30)37(41)44)21-40-22-27-12-13-28(39-20-35(38)42)18-31(27)36(40)43/h4-8,11-19,23-24,39H,9-10,20-22H2,1-3H3,(H2,38,42). The number of carbonyl (C=O) groups is 3. The summed E-state index contributed by atoms with van der Waals surface area (Å²) in [5.41, 5.74) is 11.8. The Kier molecular flexibility index (Phi) is 8.66. The van der Waals surface area contributed by atoms with E-state index in [0.717, 1.165) is 35.2 Å². The van der Waals surface area contributed by atoms with Crippen molar-refractivity contribution in [2.24, 2.45) is 5.73 Å². The maximum atomic E-state index is 13.9. The number of benzene rings is 4. The van der Waals surface area contributed by atoms with Gasteiger partial charge in [0.25, 0.3) is 11.8 Å². The van der Waals surface area contributed by atoms with E-state index in [1.54, 1.807) is 23.0 Å². The van der Waals surface area contributed by atoms with Crippen LogP contribution in [0.1, 0.15) is 69.3 Å². The van der Waals surface area contributed by atoms with Crippen molar-refractivity contribution in [1.82, 2.24) is 4.90 Å². The third-order valence-corrected chi connectivity index (χ3v) is 8.67. The molecule has 9 nitrogen and oxygen atoms in total. The van der Waals surface area contributed by atoms with E-state index in [2.05, 4.69) is 17.4 Å². The molecule has 3 N–H and O–H groups in total. The van der Waals surface area contributed by atoms with Gasteiger partial charge in [-0.1, -0.05) is 48.5 Å². The van der Waals surface area contributed by atoms with Crippen LogP contribution < -0.4 is 25.4 Å². The number of amides is 3. The molecular weight excluding hydrogens is 580 g/mol. The Bertz CT molecular complexity index is 1790. The molecule has 0 spiro atoms. The maximum Gasteiger partial charge on any atom is 0.259 e. The normalized spacial score (nSPS) is 15.8. The van der Waals surface area contributed by atoms with Gasteiger partial charge in [-0.25, -0.2) is 0 Å². The average molecular weight is 619 g/mol. The molecule has 2 atom stereocenters. The highest BCUT2D eigenvalue weighted by Gasteiger charge is 2.36. The highest BCUT2D eigenvalue weighted by molar-refractivity contribution is 6.11. The first-order valence-corrected chi connectivity index (χ1v) is 15.5. The zero-order chi connectivity index (χ0) is 32.4. The third kappa shape index (κ3) is 6.26. The number of fused-ring (bicyclic) bond motifs is 2. The summed E-state index contributed by atoms with van der Waals surface area (Å²) in [5, 5.41) is 2.94. The van der Waals surface area contributed by atoms with Gasteiger partial charge in [0.05, 0.1) is 25.8 Å². The quantitative estimate of drug-likeness (QED) is 0.205. The molecule has 6 rings (SSSR count). The summed E-state index contributed by atoms with van der Waals surface area (Å²) < 4.78 is 11.9. The highest BCUT2D eigenvalue weighted by Crippen LogP contribution is 2.41. The number of primary amides is 1. The molecule has 0 saturated carbocycles. The fraction of sp³-hybridized carbons (Fsp3) is 0.270. The Labute approximate surface area is 268 Å². The fourth-order valence-corrected chi connectivity index (χ4v) is 6.24. The van der Waals surface area contributed by atoms with Gasteiger partial charge >= 0.3 is 0 Å². The van der Waals surface area contributed by atoms with Gasteiger partial charge < -0.3 is 30.3 Å². The average Bonchev–Trinajstić information content (AvgIpc) is 3.50. The van der Waals surface area contributed by atoms with Crippen molar-refractivity contribution >= 4 is 29.1 Å². The molecule has 4 aromatic rings. The SMILES string of the molecule is COc1ccc(N2C(=O)c3cc(CN4Cc5ccc(NCC(N)=O)cc5C4=O)ccc3C2C)cc1OC(C)CCc1ccccc1. The van der Waals surface area contributed by atoms with Gasteiger partial charge in [0.15, 0.2) is 11.5 Å². The number of ether oxygens (including phenoxy) is 2. The lowest BCUT2D eigenvalue weighted by molar-refractivity contribution is -0.116. The molecule has 3 amide bonds. The molecule has 2 aliphatic heterocycles. The molecule has 0 fully saturated rings. The minimum absolute atomic E-state index is 0.00593. The Hall–Kier alpha value is -5.31. The second-order valence-corrected chi connectivity index (χ2v) is 11.9. The summed E-state index contributed by atoms with van der Waals surface area (Å²) >= 11 is 0. The second-order valence-electron chi connectivity index (χ2n) is 11.9. The van der Waals surface area contributed by atoms with Gasteiger partial charge in [-0.05, 0) is 79.3 Å². The van der Waals surface area contributed by atoms with Crippen molar-refractivity contribution in [3.05, 3.63) is 118 Å². The predicted octanol–water partition coefficient (Wildman–Crippen LogP) is 5.87. The van der Waals surface area contributed by atoms with Crippen molar-refractivity contribution in [3.8, 4) is 11.5 Å². The van der Waals surface area contributed by atoms with Gasteiger partial charge in [0, 0.05) is 41.7 Å². The Morgan fingerprint density at radius 1 is 0.935 bits per heavy atom. The van der Waals surface area contributed by atoms with Crippen molar-refractivity contribution in [1.29, 1.82) is 0 Å². The molecule has 0 aromatic heterocycles. The number of aryl methyl sites for hydroxylation is 1. The van der Waals surface area contributed by atoms with E-state index in [-0.39, 0.29) is 30.5 Å². The van der Waals surface area contributed by atoms with Crippen LogP contribution in [0.3, 0.4) is 0 Å². The van der Waals surface area contributed by atoms with E-state index in [1.807, 2.05) is 80.6 Å². The number of anilines is 2. The number of carbonyl (C=O) groups excluding carboxylic acids is 3. The molecule has 9 heteroatoms. The summed E-state index contributed by atoms with van der Waals surface area (Å²) in [6.07, 6.45) is 1.67. The molecule has 236 valence electrons. The summed E-state index contributed by atoms with van der Waals surface area (Å²) in [5.74, 6) is 0.540. The number of nitrogens with two attached hydrogens (primary N) is 1. The minimum atomic E-state index is -0.475. The smallest absolute Gasteiger partial charge is 0.259 e. The highest BCUT2D eigenvalue weighted by atomic mass is 16.5. The zero-order valence-corrected chi connectivity index (χ0v) is 26.3. The largest absolute Gasteiger partial charge is 0.493 e. The lowest BCUT2D eigenvalue weighted by Gasteiger charge is -2.24. The lowest BCUT2D eigenvalue weighted by Crippen LogP contribution is -2.26. The molecule has 4 aromatic carbocycles. The Balaban J connectivity index is 1.16. The van der Waals surface area contributed by atoms with Crippen LogP contribution in [0, 0.1) is 0 Å². The van der Waals surface area contributed by atoms with Crippen LogP contribution in [0.2, 0.25) is 0 Å². The first-order valence-electron chi connectivity index (χ1n) is 15.5. The van der Waals surface area contributed by atoms with E-state index < -0.39 is 5.91 Å². The maximum absolute atomic E-state index is 13.9. The molecule has 0 saturated heterocycles. The molecule has 2 unspecified atom stereocenters. The molecule has 0 radical (unpaired) electrons. The summed E-state index contributed by atoms with van der Waals surface area (Å²) in [4.78, 5) is 41.8.